The number of nitrogens with one attached hydrogen (secondary N) is 1. The molecule has 0 aliphatic carbocycles. The third-order valence-corrected chi connectivity index (χ3v) is 4.01. The molecule has 1 fully saturated rings. The second kappa shape index (κ2) is 10.7. The van der Waals surface area contributed by atoms with E-state index in [0.717, 1.165) is 31.7 Å². The van der Waals surface area contributed by atoms with E-state index < -0.39 is 6.61 Å². The third kappa shape index (κ3) is 6.79. The van der Waals surface area contributed by atoms with Gasteiger partial charge in [-0.3, -0.25) is 0 Å². The minimum Gasteiger partial charge on any atom is -0.490 e. The van der Waals surface area contributed by atoms with E-state index in [0.29, 0.717) is 18.3 Å². The zero-order valence-electron chi connectivity index (χ0n) is 14.3. The van der Waals surface area contributed by atoms with Gasteiger partial charge in [-0.05, 0) is 63.5 Å². The van der Waals surface area contributed by atoms with Gasteiger partial charge in [0.15, 0.2) is 11.5 Å². The molecule has 0 unspecified atom stereocenters. The number of halogens is 3. The van der Waals surface area contributed by atoms with Gasteiger partial charge in [0.2, 0.25) is 0 Å². The maximum atomic E-state index is 12.4. The minimum absolute atomic E-state index is 0. The number of hydrogen-bond acceptors (Lipinski definition) is 4. The maximum absolute atomic E-state index is 12.4. The highest BCUT2D eigenvalue weighted by molar-refractivity contribution is 5.85. The lowest BCUT2D eigenvalue weighted by Crippen LogP contribution is -2.34. The summed E-state index contributed by atoms with van der Waals surface area (Å²) < 4.78 is 34.8. The van der Waals surface area contributed by atoms with Crippen molar-refractivity contribution in [3.8, 4) is 11.5 Å². The standard InChI is InChI=1S/C17H26F2N2O2.ClH/c1-3-22-16-10-14(4-5-15(16)23-17(18)19)12-21(2)11-13-6-8-20-9-7-13;/h4-5,10,13,17,20H,3,6-9,11-12H2,1-2H3;1H. The van der Waals surface area contributed by atoms with E-state index in [1.165, 1.54) is 12.8 Å². The van der Waals surface area contributed by atoms with Crippen molar-refractivity contribution in [2.75, 3.05) is 33.3 Å². The lowest BCUT2D eigenvalue weighted by Gasteiger charge is -2.27. The molecule has 0 atom stereocenters. The van der Waals surface area contributed by atoms with Crippen molar-refractivity contribution in [1.82, 2.24) is 10.2 Å². The molecule has 1 aromatic carbocycles. The summed E-state index contributed by atoms with van der Waals surface area (Å²) in [6.45, 7) is 3.37. The van der Waals surface area contributed by atoms with Crippen molar-refractivity contribution in [2.45, 2.75) is 32.9 Å². The van der Waals surface area contributed by atoms with Crippen LogP contribution in [0.5, 0.6) is 11.5 Å². The van der Waals surface area contributed by atoms with Crippen LogP contribution in [0.25, 0.3) is 0 Å². The molecule has 0 aromatic heterocycles. The van der Waals surface area contributed by atoms with Crippen molar-refractivity contribution in [3.63, 3.8) is 0 Å². The van der Waals surface area contributed by atoms with E-state index >= 15 is 0 Å². The fourth-order valence-electron chi connectivity index (χ4n) is 2.99. The highest BCUT2D eigenvalue weighted by Crippen LogP contribution is 2.30. The molecule has 0 saturated carbocycles. The molecule has 138 valence electrons. The first-order chi connectivity index (χ1) is 11.1. The Kier molecular flexibility index (Phi) is 9.33. The number of nitrogens with zero attached hydrogens (tertiary/aromatic N) is 1. The molecule has 0 spiro atoms. The Hall–Kier alpha value is -1.11. The second-order valence-corrected chi connectivity index (χ2v) is 5.98. The number of benzene rings is 1. The summed E-state index contributed by atoms with van der Waals surface area (Å²) in [5.41, 5.74) is 1.03. The van der Waals surface area contributed by atoms with Crippen LogP contribution in [0.2, 0.25) is 0 Å². The average Bonchev–Trinajstić information content (AvgIpc) is 2.50. The van der Waals surface area contributed by atoms with Crippen LogP contribution in [0, 0.1) is 5.92 Å². The first-order valence-corrected chi connectivity index (χ1v) is 8.18. The van der Waals surface area contributed by atoms with E-state index in [4.69, 9.17) is 4.74 Å². The first-order valence-electron chi connectivity index (χ1n) is 8.18. The van der Waals surface area contributed by atoms with Gasteiger partial charge in [0.1, 0.15) is 0 Å². The van der Waals surface area contributed by atoms with Crippen molar-refractivity contribution in [2.24, 2.45) is 5.92 Å². The van der Waals surface area contributed by atoms with Crippen molar-refractivity contribution in [1.29, 1.82) is 0 Å². The molecule has 1 aromatic rings. The molecule has 24 heavy (non-hydrogen) atoms. The Labute approximate surface area is 148 Å². The van der Waals surface area contributed by atoms with Crippen molar-refractivity contribution < 1.29 is 18.3 Å². The highest BCUT2D eigenvalue weighted by atomic mass is 35.5. The molecular formula is C17H27ClF2N2O2. The van der Waals surface area contributed by atoms with Crippen molar-refractivity contribution in [3.05, 3.63) is 23.8 Å². The highest BCUT2D eigenvalue weighted by Gasteiger charge is 2.16. The molecule has 2 rings (SSSR count). The molecule has 0 bridgehead atoms. The van der Waals surface area contributed by atoms with Gasteiger partial charge < -0.3 is 19.7 Å². The molecule has 7 heteroatoms. The SMILES string of the molecule is CCOc1cc(CN(C)CC2CCNCC2)ccc1OC(F)F.Cl. The van der Waals surface area contributed by atoms with E-state index in [1.54, 1.807) is 12.1 Å². The van der Waals surface area contributed by atoms with Gasteiger partial charge in [-0.2, -0.15) is 8.78 Å². The fraction of sp³-hybridized carbons (Fsp3) is 0.647. The number of ether oxygens (including phenoxy) is 2. The van der Waals surface area contributed by atoms with Crippen LogP contribution in [-0.4, -0.2) is 44.8 Å². The van der Waals surface area contributed by atoms with Gasteiger partial charge in [-0.1, -0.05) is 6.07 Å². The summed E-state index contributed by atoms with van der Waals surface area (Å²) in [5.74, 6) is 1.18. The van der Waals surface area contributed by atoms with Crippen LogP contribution in [-0.2, 0) is 6.54 Å². The normalized spacial score (nSPS) is 15.4. The monoisotopic (exact) mass is 364 g/mol. The van der Waals surface area contributed by atoms with E-state index in [9.17, 15) is 8.78 Å². The predicted molar refractivity (Wildman–Crippen MR) is 93.4 cm³/mol. The van der Waals surface area contributed by atoms with Gasteiger partial charge in [-0.15, -0.1) is 12.4 Å². The van der Waals surface area contributed by atoms with Gasteiger partial charge in [0, 0.05) is 13.1 Å². The Bertz CT molecular complexity index is 486. The van der Waals surface area contributed by atoms with Gasteiger partial charge >= 0.3 is 6.61 Å². The van der Waals surface area contributed by atoms with Crippen LogP contribution >= 0.6 is 12.4 Å². The molecule has 1 aliphatic heterocycles. The lowest BCUT2D eigenvalue weighted by atomic mass is 9.97. The molecule has 0 radical (unpaired) electrons. The Morgan fingerprint density at radius 2 is 1.96 bits per heavy atom. The Morgan fingerprint density at radius 3 is 2.58 bits per heavy atom. The van der Waals surface area contributed by atoms with Gasteiger partial charge in [0.25, 0.3) is 0 Å². The van der Waals surface area contributed by atoms with Crippen LogP contribution in [0.3, 0.4) is 0 Å². The number of hydrogen-bond donors (Lipinski definition) is 1. The smallest absolute Gasteiger partial charge is 0.387 e. The van der Waals surface area contributed by atoms with Gasteiger partial charge in [-0.25, -0.2) is 0 Å². The third-order valence-electron chi connectivity index (χ3n) is 4.01. The second-order valence-electron chi connectivity index (χ2n) is 5.98. The Morgan fingerprint density at radius 1 is 1.25 bits per heavy atom. The topological polar surface area (TPSA) is 33.7 Å². The molecule has 1 N–H and O–H groups in total. The summed E-state index contributed by atoms with van der Waals surface area (Å²) in [5, 5.41) is 3.37. The van der Waals surface area contributed by atoms with E-state index in [1.807, 2.05) is 13.0 Å². The molecule has 1 aliphatic rings. The van der Waals surface area contributed by atoms with Crippen LogP contribution in [0.4, 0.5) is 8.78 Å². The number of piperidine rings is 1. The number of rotatable bonds is 8. The Balaban J connectivity index is 0.00000288. The molecular weight excluding hydrogens is 338 g/mol. The quantitative estimate of drug-likeness (QED) is 0.765. The lowest BCUT2D eigenvalue weighted by molar-refractivity contribution is -0.0514. The largest absolute Gasteiger partial charge is 0.490 e. The fourth-order valence-corrected chi connectivity index (χ4v) is 2.99. The summed E-state index contributed by atoms with van der Waals surface area (Å²) >= 11 is 0. The average molecular weight is 365 g/mol. The summed E-state index contributed by atoms with van der Waals surface area (Å²) in [6.07, 6.45) is 2.41. The zero-order chi connectivity index (χ0) is 16.7. The van der Waals surface area contributed by atoms with Crippen LogP contribution in [0.15, 0.2) is 18.2 Å². The summed E-state index contributed by atoms with van der Waals surface area (Å²) in [4.78, 5) is 2.27. The summed E-state index contributed by atoms with van der Waals surface area (Å²) in [6, 6.07) is 5.17. The van der Waals surface area contributed by atoms with Crippen LogP contribution in [0.1, 0.15) is 25.3 Å². The van der Waals surface area contributed by atoms with Gasteiger partial charge in [0.05, 0.1) is 6.61 Å². The maximum Gasteiger partial charge on any atom is 0.387 e. The minimum atomic E-state index is -2.84. The number of alkyl halides is 2. The van der Waals surface area contributed by atoms with Crippen LogP contribution < -0.4 is 14.8 Å². The zero-order valence-corrected chi connectivity index (χ0v) is 15.1. The first kappa shape index (κ1) is 20.9. The molecule has 1 heterocycles. The van der Waals surface area contributed by atoms with E-state index in [2.05, 4.69) is 22.0 Å². The predicted octanol–water partition coefficient (Wildman–Crippen LogP) is 3.54. The molecule has 0 amide bonds. The van der Waals surface area contributed by atoms with Crippen molar-refractivity contribution >= 4 is 12.4 Å². The molecule has 4 nitrogen and oxygen atoms in total. The summed E-state index contributed by atoms with van der Waals surface area (Å²) in [7, 11) is 2.09. The van der Waals surface area contributed by atoms with E-state index in [-0.39, 0.29) is 18.2 Å². The molecule has 1 saturated heterocycles.